The molecule has 0 saturated carbocycles. The summed E-state index contributed by atoms with van der Waals surface area (Å²) in [5.41, 5.74) is 1.16. The van der Waals surface area contributed by atoms with Gasteiger partial charge < -0.3 is 9.84 Å². The van der Waals surface area contributed by atoms with Crippen molar-refractivity contribution in [2.24, 2.45) is 0 Å². The lowest BCUT2D eigenvalue weighted by molar-refractivity contribution is -0.00430. The molecule has 4 heteroatoms. The molecule has 2 atom stereocenters. The lowest BCUT2D eigenvalue weighted by atomic mass is 9.97. The van der Waals surface area contributed by atoms with Gasteiger partial charge in [-0.2, -0.15) is 0 Å². The largest absolute Gasteiger partial charge is 0.382 e. The first-order valence-corrected chi connectivity index (χ1v) is 6.57. The lowest BCUT2D eigenvalue weighted by Crippen LogP contribution is -2.29. The molecule has 0 fully saturated rings. The van der Waals surface area contributed by atoms with Crippen molar-refractivity contribution in [1.29, 1.82) is 0 Å². The van der Waals surface area contributed by atoms with Crippen LogP contribution in [0.3, 0.4) is 0 Å². The first-order chi connectivity index (χ1) is 9.63. The van der Waals surface area contributed by atoms with E-state index in [0.29, 0.717) is 10.6 Å². The number of ketones is 1. The Balaban J connectivity index is 2.22. The Morgan fingerprint density at radius 3 is 2.25 bits per heavy atom. The van der Waals surface area contributed by atoms with Gasteiger partial charge in [0.2, 0.25) is 0 Å². The normalized spacial score (nSPS) is 13.8. The Kier molecular flexibility index (Phi) is 4.90. The number of ether oxygens (including phenoxy) is 1. The van der Waals surface area contributed by atoms with Gasteiger partial charge in [-0.3, -0.25) is 4.79 Å². The second-order valence-corrected chi connectivity index (χ2v) is 4.82. The number of hydrogen-bond donors (Lipinski definition) is 1. The van der Waals surface area contributed by atoms with Crippen molar-refractivity contribution < 1.29 is 14.6 Å². The zero-order chi connectivity index (χ0) is 14.5. The Bertz CT molecular complexity index is 566. The second kappa shape index (κ2) is 6.66. The van der Waals surface area contributed by atoms with Crippen molar-refractivity contribution in [2.45, 2.75) is 12.2 Å². The maximum absolute atomic E-state index is 12.3. The predicted molar refractivity (Wildman–Crippen MR) is 78.0 cm³/mol. The van der Waals surface area contributed by atoms with Gasteiger partial charge in [-0.05, 0) is 29.8 Å². The topological polar surface area (TPSA) is 46.5 Å². The number of aliphatic hydroxyl groups is 1. The smallest absolute Gasteiger partial charge is 0.194 e. The molecular weight excluding hydrogens is 276 g/mol. The molecule has 20 heavy (non-hydrogen) atoms. The maximum Gasteiger partial charge on any atom is 0.194 e. The van der Waals surface area contributed by atoms with E-state index in [4.69, 9.17) is 16.3 Å². The summed E-state index contributed by atoms with van der Waals surface area (Å²) in [4.78, 5) is 12.3. The Hall–Kier alpha value is -1.68. The highest BCUT2D eigenvalue weighted by molar-refractivity contribution is 6.30. The molecule has 0 radical (unpaired) electrons. The minimum absolute atomic E-state index is 0.391. The molecule has 0 spiro atoms. The Morgan fingerprint density at radius 2 is 1.70 bits per heavy atom. The van der Waals surface area contributed by atoms with E-state index in [1.807, 2.05) is 30.3 Å². The number of halogens is 1. The highest BCUT2D eigenvalue weighted by Crippen LogP contribution is 2.23. The number of carbonyl (C=O) groups is 1. The third-order valence-corrected chi connectivity index (χ3v) is 3.32. The van der Waals surface area contributed by atoms with Crippen molar-refractivity contribution in [3.05, 3.63) is 70.7 Å². The van der Waals surface area contributed by atoms with E-state index in [1.165, 1.54) is 7.11 Å². The monoisotopic (exact) mass is 290 g/mol. The van der Waals surface area contributed by atoms with E-state index in [0.717, 1.165) is 5.56 Å². The Labute approximate surface area is 122 Å². The fourth-order valence-electron chi connectivity index (χ4n) is 2.01. The van der Waals surface area contributed by atoms with Crippen LogP contribution >= 0.6 is 11.6 Å². The molecule has 3 nitrogen and oxygen atoms in total. The lowest BCUT2D eigenvalue weighted by Gasteiger charge is -2.21. The van der Waals surface area contributed by atoms with Crippen LogP contribution < -0.4 is 0 Å². The molecule has 0 aromatic heterocycles. The molecule has 2 rings (SSSR count). The van der Waals surface area contributed by atoms with E-state index in [9.17, 15) is 9.90 Å². The number of methoxy groups -OCH3 is 1. The molecule has 0 amide bonds. The van der Waals surface area contributed by atoms with Gasteiger partial charge in [-0.1, -0.05) is 41.9 Å². The van der Waals surface area contributed by atoms with Crippen molar-refractivity contribution in [3.63, 3.8) is 0 Å². The van der Waals surface area contributed by atoms with Crippen LogP contribution in [-0.4, -0.2) is 24.1 Å². The average molecular weight is 291 g/mol. The molecule has 0 saturated heterocycles. The molecule has 0 aliphatic heterocycles. The first-order valence-electron chi connectivity index (χ1n) is 6.19. The van der Waals surface area contributed by atoms with Crippen LogP contribution in [0.5, 0.6) is 0 Å². The molecule has 0 aliphatic rings. The van der Waals surface area contributed by atoms with Gasteiger partial charge in [0, 0.05) is 17.7 Å². The predicted octanol–water partition coefficient (Wildman–Crippen LogP) is 3.27. The first kappa shape index (κ1) is 14.7. The highest BCUT2D eigenvalue weighted by atomic mass is 35.5. The third-order valence-electron chi connectivity index (χ3n) is 3.07. The van der Waals surface area contributed by atoms with Crippen LogP contribution in [0.1, 0.15) is 22.0 Å². The van der Waals surface area contributed by atoms with Gasteiger partial charge >= 0.3 is 0 Å². The van der Waals surface area contributed by atoms with E-state index in [1.54, 1.807) is 24.3 Å². The van der Waals surface area contributed by atoms with Crippen LogP contribution in [0.25, 0.3) is 0 Å². The fraction of sp³-hybridized carbons (Fsp3) is 0.188. The molecular formula is C16H15ClO3. The van der Waals surface area contributed by atoms with E-state index >= 15 is 0 Å². The summed E-state index contributed by atoms with van der Waals surface area (Å²) >= 11 is 5.78. The van der Waals surface area contributed by atoms with E-state index in [2.05, 4.69) is 0 Å². The molecule has 0 bridgehead atoms. The summed E-state index contributed by atoms with van der Waals surface area (Å²) in [5.74, 6) is -0.391. The van der Waals surface area contributed by atoms with Gasteiger partial charge in [0.05, 0.1) is 0 Å². The molecule has 2 aromatic rings. The zero-order valence-corrected chi connectivity index (χ0v) is 11.7. The number of hydrogen-bond acceptors (Lipinski definition) is 3. The van der Waals surface area contributed by atoms with Gasteiger partial charge in [-0.25, -0.2) is 0 Å². The summed E-state index contributed by atoms with van der Waals surface area (Å²) in [7, 11) is 1.47. The van der Waals surface area contributed by atoms with Crippen LogP contribution in [0.2, 0.25) is 5.02 Å². The summed E-state index contributed by atoms with van der Waals surface area (Å²) < 4.78 is 5.27. The Morgan fingerprint density at radius 1 is 1.10 bits per heavy atom. The number of rotatable bonds is 5. The quantitative estimate of drug-likeness (QED) is 0.860. The number of Topliss-reactive ketones (excluding diaryl/α,β-unsaturated/α-hetero) is 1. The summed E-state index contributed by atoms with van der Waals surface area (Å²) in [6, 6.07) is 15.6. The minimum Gasteiger partial charge on any atom is -0.382 e. The molecule has 1 N–H and O–H groups in total. The number of aliphatic hydroxyl groups excluding tert-OH is 1. The standard InChI is InChI=1S/C16H15ClO3/c1-20-16(12-5-3-2-4-6-12)15(19)14(18)11-7-9-13(17)10-8-11/h2-10,15-16,19H,1H3/t15-,16+/m0/s1. The number of carbonyl (C=O) groups excluding carboxylic acids is 1. The third kappa shape index (κ3) is 3.25. The van der Waals surface area contributed by atoms with Crippen LogP contribution in [0, 0.1) is 0 Å². The highest BCUT2D eigenvalue weighted by Gasteiger charge is 2.28. The summed E-state index contributed by atoms with van der Waals surface area (Å²) in [6.07, 6.45) is -1.96. The van der Waals surface area contributed by atoms with Gasteiger partial charge in [0.1, 0.15) is 12.2 Å². The van der Waals surface area contributed by atoms with E-state index < -0.39 is 18.0 Å². The van der Waals surface area contributed by atoms with Crippen molar-refractivity contribution in [2.75, 3.05) is 7.11 Å². The molecule has 0 heterocycles. The minimum atomic E-state index is -1.26. The van der Waals surface area contributed by atoms with Crippen molar-refractivity contribution in [1.82, 2.24) is 0 Å². The SMILES string of the molecule is CO[C@H](c1ccccc1)[C@@H](O)C(=O)c1ccc(Cl)cc1. The molecule has 2 aromatic carbocycles. The summed E-state index contributed by atoms with van der Waals surface area (Å²) in [5, 5.41) is 10.8. The molecule has 0 unspecified atom stereocenters. The number of benzene rings is 2. The fourth-order valence-corrected chi connectivity index (χ4v) is 2.14. The summed E-state index contributed by atoms with van der Waals surface area (Å²) in [6.45, 7) is 0. The molecule has 0 aliphatic carbocycles. The van der Waals surface area contributed by atoms with E-state index in [-0.39, 0.29) is 0 Å². The zero-order valence-electron chi connectivity index (χ0n) is 11.0. The second-order valence-electron chi connectivity index (χ2n) is 4.38. The average Bonchev–Trinajstić information content (AvgIpc) is 2.49. The van der Waals surface area contributed by atoms with Gasteiger partial charge in [0.15, 0.2) is 5.78 Å². The van der Waals surface area contributed by atoms with Crippen LogP contribution in [0.15, 0.2) is 54.6 Å². The van der Waals surface area contributed by atoms with Crippen molar-refractivity contribution in [3.8, 4) is 0 Å². The van der Waals surface area contributed by atoms with Crippen LogP contribution in [0.4, 0.5) is 0 Å². The molecule has 104 valence electrons. The maximum atomic E-state index is 12.3. The van der Waals surface area contributed by atoms with Gasteiger partial charge in [0.25, 0.3) is 0 Å². The van der Waals surface area contributed by atoms with Crippen molar-refractivity contribution >= 4 is 17.4 Å². The van der Waals surface area contributed by atoms with Crippen LogP contribution in [-0.2, 0) is 4.74 Å². The van der Waals surface area contributed by atoms with Gasteiger partial charge in [-0.15, -0.1) is 0 Å².